The predicted octanol–water partition coefficient (Wildman–Crippen LogP) is 3.90. The third kappa shape index (κ3) is 3.20. The number of nitrogens with zero attached hydrogens (tertiary/aromatic N) is 1. The Labute approximate surface area is 115 Å². The standard InChI is InChI=1S/C15H14BrNO/c1-17(10-13-3-2-4-14(16)9-13)15-7-5-12(11-18)6-8-15/h2-9,11H,10H2,1H3. The summed E-state index contributed by atoms with van der Waals surface area (Å²) >= 11 is 3.47. The lowest BCUT2D eigenvalue weighted by atomic mass is 10.2. The molecule has 0 fully saturated rings. The van der Waals surface area contributed by atoms with E-state index >= 15 is 0 Å². The van der Waals surface area contributed by atoms with Gasteiger partial charge in [0.25, 0.3) is 0 Å². The van der Waals surface area contributed by atoms with Crippen LogP contribution in [0.15, 0.2) is 53.0 Å². The van der Waals surface area contributed by atoms with E-state index in [-0.39, 0.29) is 0 Å². The molecule has 0 saturated carbocycles. The molecule has 0 aliphatic heterocycles. The van der Waals surface area contributed by atoms with Gasteiger partial charge < -0.3 is 4.90 Å². The number of anilines is 1. The van der Waals surface area contributed by atoms with E-state index in [0.717, 1.165) is 23.0 Å². The van der Waals surface area contributed by atoms with Gasteiger partial charge in [0.1, 0.15) is 6.29 Å². The number of hydrogen-bond acceptors (Lipinski definition) is 2. The van der Waals surface area contributed by atoms with Crippen molar-refractivity contribution < 1.29 is 4.79 Å². The topological polar surface area (TPSA) is 20.3 Å². The van der Waals surface area contributed by atoms with Crippen LogP contribution in [-0.4, -0.2) is 13.3 Å². The van der Waals surface area contributed by atoms with Gasteiger partial charge in [-0.1, -0.05) is 28.1 Å². The first-order chi connectivity index (χ1) is 8.69. The Balaban J connectivity index is 2.11. The molecule has 0 saturated heterocycles. The first kappa shape index (κ1) is 12.8. The molecule has 0 aliphatic rings. The average Bonchev–Trinajstić information content (AvgIpc) is 2.39. The predicted molar refractivity (Wildman–Crippen MR) is 78.1 cm³/mol. The van der Waals surface area contributed by atoms with Crippen molar-refractivity contribution >= 4 is 27.9 Å². The van der Waals surface area contributed by atoms with Crippen molar-refractivity contribution in [3.8, 4) is 0 Å². The van der Waals surface area contributed by atoms with Gasteiger partial charge in [0, 0.05) is 29.3 Å². The number of hydrogen-bond donors (Lipinski definition) is 0. The minimum absolute atomic E-state index is 0.703. The first-order valence-corrected chi connectivity index (χ1v) is 6.49. The van der Waals surface area contributed by atoms with Gasteiger partial charge in [0.2, 0.25) is 0 Å². The van der Waals surface area contributed by atoms with Crippen LogP contribution in [-0.2, 0) is 6.54 Å². The first-order valence-electron chi connectivity index (χ1n) is 5.70. The summed E-state index contributed by atoms with van der Waals surface area (Å²) < 4.78 is 1.09. The largest absolute Gasteiger partial charge is 0.370 e. The number of rotatable bonds is 4. The molecule has 18 heavy (non-hydrogen) atoms. The van der Waals surface area contributed by atoms with E-state index < -0.39 is 0 Å². The van der Waals surface area contributed by atoms with Gasteiger partial charge in [-0.25, -0.2) is 0 Å². The Bertz CT molecular complexity index is 536. The van der Waals surface area contributed by atoms with Gasteiger partial charge in [0.05, 0.1) is 0 Å². The summed E-state index contributed by atoms with van der Waals surface area (Å²) in [5.41, 5.74) is 3.04. The Morgan fingerprint density at radius 1 is 1.17 bits per heavy atom. The van der Waals surface area contributed by atoms with Crippen LogP contribution in [0.5, 0.6) is 0 Å². The molecule has 2 nitrogen and oxygen atoms in total. The molecule has 0 spiro atoms. The lowest BCUT2D eigenvalue weighted by Gasteiger charge is -2.19. The third-order valence-electron chi connectivity index (χ3n) is 2.78. The summed E-state index contributed by atoms with van der Waals surface area (Å²) in [5, 5.41) is 0. The zero-order valence-corrected chi connectivity index (χ0v) is 11.7. The fraction of sp³-hybridized carbons (Fsp3) is 0.133. The summed E-state index contributed by atoms with van der Waals surface area (Å²) in [6.45, 7) is 0.833. The Kier molecular flexibility index (Phi) is 4.15. The van der Waals surface area contributed by atoms with Crippen molar-refractivity contribution in [3.63, 3.8) is 0 Å². The molecule has 0 N–H and O–H groups in total. The maximum absolute atomic E-state index is 10.6. The van der Waals surface area contributed by atoms with Crippen LogP contribution >= 0.6 is 15.9 Å². The number of aldehydes is 1. The summed E-state index contributed by atoms with van der Waals surface area (Å²) in [6.07, 6.45) is 0.859. The highest BCUT2D eigenvalue weighted by atomic mass is 79.9. The van der Waals surface area contributed by atoms with Crippen molar-refractivity contribution in [2.45, 2.75) is 6.54 Å². The number of carbonyl (C=O) groups is 1. The minimum Gasteiger partial charge on any atom is -0.370 e. The second-order valence-corrected chi connectivity index (χ2v) is 5.11. The molecule has 0 amide bonds. The normalized spacial score (nSPS) is 10.1. The van der Waals surface area contributed by atoms with Crippen LogP contribution in [0.2, 0.25) is 0 Å². The van der Waals surface area contributed by atoms with Crippen LogP contribution < -0.4 is 4.90 Å². The van der Waals surface area contributed by atoms with Gasteiger partial charge in [-0.3, -0.25) is 4.79 Å². The molecule has 0 bridgehead atoms. The average molecular weight is 304 g/mol. The van der Waals surface area contributed by atoms with E-state index in [9.17, 15) is 4.79 Å². The maximum Gasteiger partial charge on any atom is 0.150 e. The number of carbonyl (C=O) groups excluding carboxylic acids is 1. The van der Waals surface area contributed by atoms with E-state index in [0.29, 0.717) is 5.56 Å². The Morgan fingerprint density at radius 2 is 1.89 bits per heavy atom. The molecule has 0 aliphatic carbocycles. The zero-order chi connectivity index (χ0) is 13.0. The van der Waals surface area contributed by atoms with Crippen LogP contribution in [0, 0.1) is 0 Å². The molecular formula is C15H14BrNO. The van der Waals surface area contributed by atoms with E-state index in [2.05, 4.69) is 33.0 Å². The van der Waals surface area contributed by atoms with Crippen LogP contribution in [0.4, 0.5) is 5.69 Å². The zero-order valence-electron chi connectivity index (χ0n) is 10.1. The molecule has 2 aromatic rings. The van der Waals surface area contributed by atoms with Gasteiger partial charge in [-0.2, -0.15) is 0 Å². The molecule has 0 heterocycles. The summed E-state index contributed by atoms with van der Waals surface area (Å²) in [6, 6.07) is 15.8. The lowest BCUT2D eigenvalue weighted by molar-refractivity contribution is 0.112. The molecular weight excluding hydrogens is 290 g/mol. The third-order valence-corrected chi connectivity index (χ3v) is 3.27. The highest BCUT2D eigenvalue weighted by Gasteiger charge is 2.02. The second-order valence-electron chi connectivity index (χ2n) is 4.20. The molecule has 2 rings (SSSR count). The summed E-state index contributed by atoms with van der Waals surface area (Å²) in [7, 11) is 2.04. The second kappa shape index (κ2) is 5.83. The monoisotopic (exact) mass is 303 g/mol. The lowest BCUT2D eigenvalue weighted by Crippen LogP contribution is -2.16. The van der Waals surface area contributed by atoms with Gasteiger partial charge >= 0.3 is 0 Å². The highest BCUT2D eigenvalue weighted by Crippen LogP contribution is 2.18. The summed E-state index contributed by atoms with van der Waals surface area (Å²) in [5.74, 6) is 0. The van der Waals surface area contributed by atoms with Crippen molar-refractivity contribution in [1.82, 2.24) is 0 Å². The van der Waals surface area contributed by atoms with Crippen molar-refractivity contribution in [2.75, 3.05) is 11.9 Å². The SMILES string of the molecule is CN(Cc1cccc(Br)c1)c1ccc(C=O)cc1. The maximum atomic E-state index is 10.6. The molecule has 0 aromatic heterocycles. The fourth-order valence-electron chi connectivity index (χ4n) is 1.81. The molecule has 92 valence electrons. The smallest absolute Gasteiger partial charge is 0.150 e. The molecule has 0 unspecified atom stereocenters. The van der Waals surface area contributed by atoms with Gasteiger partial charge in [-0.05, 0) is 42.0 Å². The van der Waals surface area contributed by atoms with Crippen LogP contribution in [0.3, 0.4) is 0 Å². The Morgan fingerprint density at radius 3 is 2.50 bits per heavy atom. The van der Waals surface area contributed by atoms with Gasteiger partial charge in [0.15, 0.2) is 0 Å². The van der Waals surface area contributed by atoms with Crippen molar-refractivity contribution in [3.05, 3.63) is 64.1 Å². The van der Waals surface area contributed by atoms with Crippen molar-refractivity contribution in [2.24, 2.45) is 0 Å². The number of halogens is 1. The van der Waals surface area contributed by atoms with Crippen molar-refractivity contribution in [1.29, 1.82) is 0 Å². The molecule has 0 atom stereocenters. The summed E-state index contributed by atoms with van der Waals surface area (Å²) in [4.78, 5) is 12.7. The highest BCUT2D eigenvalue weighted by molar-refractivity contribution is 9.10. The molecule has 2 aromatic carbocycles. The molecule has 3 heteroatoms. The van der Waals surface area contributed by atoms with E-state index in [1.165, 1.54) is 5.56 Å². The quantitative estimate of drug-likeness (QED) is 0.799. The van der Waals surface area contributed by atoms with E-state index in [1.807, 2.05) is 43.4 Å². The fourth-order valence-corrected chi connectivity index (χ4v) is 2.25. The van der Waals surface area contributed by atoms with Crippen LogP contribution in [0.25, 0.3) is 0 Å². The van der Waals surface area contributed by atoms with E-state index in [4.69, 9.17) is 0 Å². The van der Waals surface area contributed by atoms with E-state index in [1.54, 1.807) is 0 Å². The van der Waals surface area contributed by atoms with Crippen LogP contribution in [0.1, 0.15) is 15.9 Å². The minimum atomic E-state index is 0.703. The number of benzene rings is 2. The van der Waals surface area contributed by atoms with Gasteiger partial charge in [-0.15, -0.1) is 0 Å². The Hall–Kier alpha value is -1.61. The molecule has 0 radical (unpaired) electrons.